The predicted molar refractivity (Wildman–Crippen MR) is 74.2 cm³/mol. The van der Waals surface area contributed by atoms with E-state index in [0.717, 1.165) is 28.6 Å². The molecule has 0 spiro atoms. The van der Waals surface area contributed by atoms with Gasteiger partial charge in [-0.1, -0.05) is 23.7 Å². The summed E-state index contributed by atoms with van der Waals surface area (Å²) in [5.74, 6) is 0.753. The van der Waals surface area contributed by atoms with Gasteiger partial charge < -0.3 is 10.1 Å². The van der Waals surface area contributed by atoms with Crippen molar-refractivity contribution in [1.82, 2.24) is 4.98 Å². The number of pyridine rings is 1. The van der Waals surface area contributed by atoms with Crippen molar-refractivity contribution in [2.24, 2.45) is 0 Å². The first-order valence-corrected chi connectivity index (χ1v) is 6.22. The normalized spacial score (nSPS) is 10.1. The maximum atomic E-state index is 5.83. The molecule has 1 aromatic carbocycles. The second-order valence-electron chi connectivity index (χ2n) is 3.85. The van der Waals surface area contributed by atoms with Gasteiger partial charge in [0.05, 0.1) is 18.1 Å². The standard InChI is InChI=1S/C14H15ClN2O/c1-2-17-13-7-14(9-16-8-13)18-10-11-3-5-12(15)6-4-11/h3-9,17H,2,10H2,1H3. The number of ether oxygens (including phenoxy) is 1. The molecule has 2 aromatic rings. The molecule has 1 heterocycles. The zero-order chi connectivity index (χ0) is 12.8. The Bertz CT molecular complexity index is 499. The molecule has 3 nitrogen and oxygen atoms in total. The van der Waals surface area contributed by atoms with Crippen molar-refractivity contribution in [2.45, 2.75) is 13.5 Å². The van der Waals surface area contributed by atoms with Gasteiger partial charge in [0.1, 0.15) is 12.4 Å². The van der Waals surface area contributed by atoms with Crippen LogP contribution in [0, 0.1) is 0 Å². The fourth-order valence-corrected chi connectivity index (χ4v) is 1.67. The Kier molecular flexibility index (Phi) is 4.42. The van der Waals surface area contributed by atoms with Crippen molar-refractivity contribution < 1.29 is 4.74 Å². The van der Waals surface area contributed by atoms with E-state index in [4.69, 9.17) is 16.3 Å². The number of rotatable bonds is 5. The van der Waals surface area contributed by atoms with Crippen LogP contribution >= 0.6 is 11.6 Å². The number of nitrogens with one attached hydrogen (secondary N) is 1. The summed E-state index contributed by atoms with van der Waals surface area (Å²) in [5, 5.41) is 3.92. The lowest BCUT2D eigenvalue weighted by molar-refractivity contribution is 0.305. The topological polar surface area (TPSA) is 34.2 Å². The van der Waals surface area contributed by atoms with Gasteiger partial charge in [-0.3, -0.25) is 4.98 Å². The molecule has 94 valence electrons. The average molecular weight is 263 g/mol. The van der Waals surface area contributed by atoms with Crippen molar-refractivity contribution >= 4 is 17.3 Å². The minimum absolute atomic E-state index is 0.508. The van der Waals surface area contributed by atoms with Gasteiger partial charge in [0, 0.05) is 17.6 Å². The molecule has 0 saturated heterocycles. The summed E-state index contributed by atoms with van der Waals surface area (Å²) in [6, 6.07) is 9.54. The molecule has 4 heteroatoms. The Hall–Kier alpha value is -1.74. The third-order valence-corrected chi connectivity index (χ3v) is 2.66. The number of hydrogen-bond acceptors (Lipinski definition) is 3. The second kappa shape index (κ2) is 6.26. The van der Waals surface area contributed by atoms with Crippen LogP contribution in [0.1, 0.15) is 12.5 Å². The Balaban J connectivity index is 1.97. The first kappa shape index (κ1) is 12.7. The number of halogens is 1. The summed E-state index contributed by atoms with van der Waals surface area (Å²) in [4.78, 5) is 4.12. The number of benzene rings is 1. The lowest BCUT2D eigenvalue weighted by Crippen LogP contribution is -1.99. The van der Waals surface area contributed by atoms with Crippen molar-refractivity contribution in [3.8, 4) is 5.75 Å². The van der Waals surface area contributed by atoms with Crippen LogP contribution in [-0.4, -0.2) is 11.5 Å². The molecule has 18 heavy (non-hydrogen) atoms. The van der Waals surface area contributed by atoms with Crippen molar-refractivity contribution in [3.63, 3.8) is 0 Å². The van der Waals surface area contributed by atoms with E-state index in [1.54, 1.807) is 12.4 Å². The number of nitrogens with zero attached hydrogens (tertiary/aromatic N) is 1. The summed E-state index contributed by atoms with van der Waals surface area (Å²) < 4.78 is 5.67. The molecule has 0 saturated carbocycles. The first-order chi connectivity index (χ1) is 8.78. The van der Waals surface area contributed by atoms with Crippen molar-refractivity contribution in [3.05, 3.63) is 53.3 Å². The minimum Gasteiger partial charge on any atom is -0.487 e. The summed E-state index contributed by atoms with van der Waals surface area (Å²) in [6.45, 7) is 3.41. The van der Waals surface area contributed by atoms with Crippen LogP contribution in [0.5, 0.6) is 5.75 Å². The molecular formula is C14H15ClN2O. The molecule has 2 rings (SSSR count). The molecule has 1 aromatic heterocycles. The molecule has 0 amide bonds. The van der Waals surface area contributed by atoms with Crippen molar-refractivity contribution in [1.29, 1.82) is 0 Å². The summed E-state index contributed by atoms with van der Waals surface area (Å²) >= 11 is 5.83. The Labute approximate surface area is 112 Å². The fourth-order valence-electron chi connectivity index (χ4n) is 1.55. The Morgan fingerprint density at radius 2 is 2.00 bits per heavy atom. The van der Waals surface area contributed by atoms with Crippen LogP contribution in [-0.2, 0) is 6.61 Å². The van der Waals surface area contributed by atoms with Crippen molar-refractivity contribution in [2.75, 3.05) is 11.9 Å². The zero-order valence-corrected chi connectivity index (χ0v) is 10.9. The zero-order valence-electron chi connectivity index (χ0n) is 10.2. The first-order valence-electron chi connectivity index (χ1n) is 5.84. The van der Waals surface area contributed by atoms with Crippen LogP contribution in [0.4, 0.5) is 5.69 Å². The van der Waals surface area contributed by atoms with E-state index in [1.807, 2.05) is 37.3 Å². The molecule has 0 bridgehead atoms. The van der Waals surface area contributed by atoms with Gasteiger partial charge in [0.15, 0.2) is 0 Å². The lowest BCUT2D eigenvalue weighted by atomic mass is 10.2. The molecule has 0 aliphatic carbocycles. The Morgan fingerprint density at radius 1 is 1.22 bits per heavy atom. The van der Waals surface area contributed by atoms with Crippen LogP contribution < -0.4 is 10.1 Å². The van der Waals surface area contributed by atoms with Crippen LogP contribution in [0.15, 0.2) is 42.7 Å². The SMILES string of the molecule is CCNc1cncc(OCc2ccc(Cl)cc2)c1. The molecule has 0 fully saturated rings. The second-order valence-corrected chi connectivity index (χ2v) is 4.29. The van der Waals surface area contributed by atoms with E-state index in [1.165, 1.54) is 0 Å². The molecule has 1 N–H and O–H groups in total. The van der Waals surface area contributed by atoms with Gasteiger partial charge in [-0.2, -0.15) is 0 Å². The van der Waals surface area contributed by atoms with E-state index in [0.29, 0.717) is 6.61 Å². The summed E-state index contributed by atoms with van der Waals surface area (Å²) in [5.41, 5.74) is 2.04. The molecule has 0 radical (unpaired) electrons. The highest BCUT2D eigenvalue weighted by Crippen LogP contribution is 2.17. The maximum Gasteiger partial charge on any atom is 0.140 e. The van der Waals surface area contributed by atoms with Gasteiger partial charge in [-0.25, -0.2) is 0 Å². The van der Waals surface area contributed by atoms with Gasteiger partial charge in [-0.15, -0.1) is 0 Å². The third-order valence-electron chi connectivity index (χ3n) is 2.41. The summed E-state index contributed by atoms with van der Waals surface area (Å²) in [6.07, 6.45) is 3.48. The maximum absolute atomic E-state index is 5.83. The van der Waals surface area contributed by atoms with Crippen LogP contribution in [0.2, 0.25) is 5.02 Å². The molecular weight excluding hydrogens is 248 g/mol. The quantitative estimate of drug-likeness (QED) is 0.891. The minimum atomic E-state index is 0.508. The average Bonchev–Trinajstić information content (AvgIpc) is 2.39. The fraction of sp³-hybridized carbons (Fsp3) is 0.214. The monoisotopic (exact) mass is 262 g/mol. The van der Waals surface area contributed by atoms with Crippen LogP contribution in [0.3, 0.4) is 0 Å². The molecule has 0 aliphatic rings. The smallest absolute Gasteiger partial charge is 0.140 e. The molecule has 0 atom stereocenters. The Morgan fingerprint density at radius 3 is 2.72 bits per heavy atom. The molecule has 0 unspecified atom stereocenters. The van der Waals surface area contributed by atoms with Gasteiger partial charge >= 0.3 is 0 Å². The van der Waals surface area contributed by atoms with E-state index >= 15 is 0 Å². The number of hydrogen-bond donors (Lipinski definition) is 1. The largest absolute Gasteiger partial charge is 0.487 e. The highest BCUT2D eigenvalue weighted by Gasteiger charge is 1.98. The third kappa shape index (κ3) is 3.64. The van der Waals surface area contributed by atoms with Gasteiger partial charge in [-0.05, 0) is 24.6 Å². The predicted octanol–water partition coefficient (Wildman–Crippen LogP) is 3.75. The number of aromatic nitrogens is 1. The van der Waals surface area contributed by atoms with E-state index < -0.39 is 0 Å². The molecule has 0 aliphatic heterocycles. The van der Waals surface area contributed by atoms with Crippen LogP contribution in [0.25, 0.3) is 0 Å². The van der Waals surface area contributed by atoms with Gasteiger partial charge in [0.25, 0.3) is 0 Å². The van der Waals surface area contributed by atoms with Gasteiger partial charge in [0.2, 0.25) is 0 Å². The summed E-state index contributed by atoms with van der Waals surface area (Å²) in [7, 11) is 0. The lowest BCUT2D eigenvalue weighted by Gasteiger charge is -2.08. The highest BCUT2D eigenvalue weighted by atomic mass is 35.5. The number of anilines is 1. The van der Waals surface area contributed by atoms with E-state index in [2.05, 4.69) is 10.3 Å². The van der Waals surface area contributed by atoms with E-state index in [-0.39, 0.29) is 0 Å². The highest BCUT2D eigenvalue weighted by molar-refractivity contribution is 6.30. The van der Waals surface area contributed by atoms with E-state index in [9.17, 15) is 0 Å².